The Labute approximate surface area is 143 Å². The van der Waals surface area contributed by atoms with Gasteiger partial charge >= 0.3 is 0 Å². The average Bonchev–Trinajstić information content (AvgIpc) is 2.86. The fourth-order valence-corrected chi connectivity index (χ4v) is 4.77. The molecule has 2 aromatic rings. The van der Waals surface area contributed by atoms with Gasteiger partial charge in [-0.15, -0.1) is 0 Å². The molecular weight excluding hydrogens is 324 g/mol. The number of methoxy groups -OCH3 is 1. The fraction of sp³-hybridized carbons (Fsp3) is 0.333. The van der Waals surface area contributed by atoms with Crippen LogP contribution in [0, 0.1) is 13.8 Å². The van der Waals surface area contributed by atoms with E-state index in [1.165, 1.54) is 5.56 Å². The maximum absolute atomic E-state index is 12.9. The molecule has 0 radical (unpaired) electrons. The smallest absolute Gasteiger partial charge is 0.262 e. The summed E-state index contributed by atoms with van der Waals surface area (Å²) in [6, 6.07) is 9.18. The van der Waals surface area contributed by atoms with Crippen molar-refractivity contribution in [1.82, 2.24) is 0 Å². The first-order chi connectivity index (χ1) is 11.3. The van der Waals surface area contributed by atoms with Gasteiger partial charge in [-0.25, -0.2) is 8.42 Å². The van der Waals surface area contributed by atoms with Crippen LogP contribution in [0.1, 0.15) is 16.7 Å². The maximum atomic E-state index is 12.9. The number of benzene rings is 2. The molecule has 6 heteroatoms. The molecule has 0 fully saturated rings. The van der Waals surface area contributed by atoms with Gasteiger partial charge in [0.2, 0.25) is 0 Å². The van der Waals surface area contributed by atoms with Gasteiger partial charge in [-0.2, -0.15) is 0 Å². The van der Waals surface area contributed by atoms with Crippen molar-refractivity contribution in [2.45, 2.75) is 25.2 Å². The van der Waals surface area contributed by atoms with Crippen molar-refractivity contribution in [2.24, 2.45) is 0 Å². The Morgan fingerprint density at radius 1 is 1.12 bits per heavy atom. The normalized spacial score (nSPS) is 13.8. The number of ether oxygens (including phenoxy) is 1. The summed E-state index contributed by atoms with van der Waals surface area (Å²) in [6.45, 7) is 4.52. The van der Waals surface area contributed by atoms with Gasteiger partial charge in [0.25, 0.3) is 10.0 Å². The Balaban J connectivity index is 1.97. The van der Waals surface area contributed by atoms with E-state index in [4.69, 9.17) is 4.74 Å². The number of rotatable bonds is 4. The molecular formula is C18H22N2O3S. The summed E-state index contributed by atoms with van der Waals surface area (Å²) in [4.78, 5) is 2.44. The first-order valence-electron chi connectivity index (χ1n) is 7.84. The summed E-state index contributed by atoms with van der Waals surface area (Å²) >= 11 is 0. The molecule has 0 atom stereocenters. The number of aryl methyl sites for hydroxylation is 2. The van der Waals surface area contributed by atoms with E-state index in [0.29, 0.717) is 27.5 Å². The van der Waals surface area contributed by atoms with Crippen LogP contribution in [0.3, 0.4) is 0 Å². The Morgan fingerprint density at radius 2 is 1.79 bits per heavy atom. The van der Waals surface area contributed by atoms with Crippen LogP contribution in [-0.4, -0.2) is 29.1 Å². The first kappa shape index (κ1) is 16.6. The molecule has 5 nitrogen and oxygen atoms in total. The number of fused-ring (bicyclic) bond motifs is 1. The van der Waals surface area contributed by atoms with Gasteiger partial charge in [-0.1, -0.05) is 6.07 Å². The van der Waals surface area contributed by atoms with Gasteiger partial charge < -0.3 is 9.64 Å². The second-order valence-corrected chi connectivity index (χ2v) is 7.83. The molecule has 0 unspecified atom stereocenters. The zero-order chi connectivity index (χ0) is 17.5. The summed E-state index contributed by atoms with van der Waals surface area (Å²) < 4.78 is 33.6. The highest BCUT2D eigenvalue weighted by molar-refractivity contribution is 7.92. The van der Waals surface area contributed by atoms with E-state index >= 15 is 0 Å². The molecule has 1 heterocycles. The van der Waals surface area contributed by atoms with Crippen LogP contribution in [0.25, 0.3) is 0 Å². The minimum Gasteiger partial charge on any atom is -0.497 e. The van der Waals surface area contributed by atoms with Gasteiger partial charge in [0.15, 0.2) is 0 Å². The number of nitrogens with one attached hydrogen (secondary N) is 1. The standard InChI is InChI=1S/C18H22N2O3S/c1-12-9-16(23-4)10-13(2)18(12)24(21,22)19-15-6-5-14-7-8-20(3)17(14)11-15/h5-6,9-11,19H,7-8H2,1-4H3. The third kappa shape index (κ3) is 2.94. The van der Waals surface area contributed by atoms with Gasteiger partial charge in [0, 0.05) is 19.3 Å². The van der Waals surface area contributed by atoms with E-state index in [1.54, 1.807) is 33.1 Å². The molecule has 0 aliphatic carbocycles. The minimum atomic E-state index is -3.66. The van der Waals surface area contributed by atoms with Gasteiger partial charge in [0.1, 0.15) is 5.75 Å². The summed E-state index contributed by atoms with van der Waals surface area (Å²) in [6.07, 6.45) is 0.996. The van der Waals surface area contributed by atoms with E-state index in [-0.39, 0.29) is 0 Å². The lowest BCUT2D eigenvalue weighted by Crippen LogP contribution is -2.16. The molecule has 24 heavy (non-hydrogen) atoms. The van der Waals surface area contributed by atoms with Crippen LogP contribution in [-0.2, 0) is 16.4 Å². The molecule has 0 saturated heterocycles. The Bertz CT molecular complexity index is 868. The Hall–Kier alpha value is -2.21. The minimum absolute atomic E-state index is 0.303. The quantitative estimate of drug-likeness (QED) is 0.924. The fourth-order valence-electron chi connectivity index (χ4n) is 3.26. The van der Waals surface area contributed by atoms with Gasteiger partial charge in [-0.05, 0) is 61.2 Å². The molecule has 3 rings (SSSR count). The molecule has 0 aromatic heterocycles. The summed E-state index contributed by atoms with van der Waals surface area (Å²) in [5.41, 5.74) is 4.24. The summed E-state index contributed by atoms with van der Waals surface area (Å²) in [5.74, 6) is 0.656. The average molecular weight is 346 g/mol. The molecule has 1 aliphatic rings. The highest BCUT2D eigenvalue weighted by atomic mass is 32.2. The van der Waals surface area contributed by atoms with Gasteiger partial charge in [-0.3, -0.25) is 4.72 Å². The topological polar surface area (TPSA) is 58.6 Å². The zero-order valence-corrected chi connectivity index (χ0v) is 15.2. The lowest BCUT2D eigenvalue weighted by molar-refractivity contribution is 0.413. The molecule has 0 amide bonds. The molecule has 128 valence electrons. The lowest BCUT2D eigenvalue weighted by atomic mass is 10.1. The van der Waals surface area contributed by atoms with Crippen molar-refractivity contribution >= 4 is 21.4 Å². The third-order valence-electron chi connectivity index (χ3n) is 4.40. The summed E-state index contributed by atoms with van der Waals surface area (Å²) in [7, 11) is -0.0718. The van der Waals surface area contributed by atoms with E-state index in [2.05, 4.69) is 9.62 Å². The van der Waals surface area contributed by atoms with Crippen molar-refractivity contribution in [3.63, 3.8) is 0 Å². The van der Waals surface area contributed by atoms with E-state index in [0.717, 1.165) is 18.7 Å². The third-order valence-corrected chi connectivity index (χ3v) is 6.09. The highest BCUT2D eigenvalue weighted by Gasteiger charge is 2.22. The van der Waals surface area contributed by atoms with Crippen LogP contribution in [0.2, 0.25) is 0 Å². The molecule has 0 saturated carbocycles. The van der Waals surface area contributed by atoms with Crippen LogP contribution >= 0.6 is 0 Å². The Morgan fingerprint density at radius 3 is 2.42 bits per heavy atom. The highest BCUT2D eigenvalue weighted by Crippen LogP contribution is 2.32. The monoisotopic (exact) mass is 346 g/mol. The van der Waals surface area contributed by atoms with Crippen molar-refractivity contribution < 1.29 is 13.2 Å². The number of likely N-dealkylation sites (N-methyl/N-ethyl adjacent to an activating group) is 1. The van der Waals surface area contributed by atoms with Crippen LogP contribution in [0.4, 0.5) is 11.4 Å². The van der Waals surface area contributed by atoms with Crippen LogP contribution in [0.5, 0.6) is 5.75 Å². The molecule has 1 aliphatic heterocycles. The molecule has 1 N–H and O–H groups in total. The number of hydrogen-bond donors (Lipinski definition) is 1. The Kier molecular flexibility index (Phi) is 4.17. The van der Waals surface area contributed by atoms with Crippen molar-refractivity contribution in [2.75, 3.05) is 30.3 Å². The second-order valence-electron chi connectivity index (χ2n) is 6.21. The molecule has 2 aromatic carbocycles. The number of sulfonamides is 1. The van der Waals surface area contributed by atoms with Crippen molar-refractivity contribution in [1.29, 1.82) is 0 Å². The SMILES string of the molecule is COc1cc(C)c(S(=O)(=O)Nc2ccc3c(c2)N(C)CC3)c(C)c1. The predicted octanol–water partition coefficient (Wildman–Crippen LogP) is 3.11. The summed E-state index contributed by atoms with van der Waals surface area (Å²) in [5, 5.41) is 0. The van der Waals surface area contributed by atoms with Gasteiger partial charge in [0.05, 0.1) is 17.7 Å². The number of anilines is 2. The second kappa shape index (κ2) is 6.02. The predicted molar refractivity (Wildman–Crippen MR) is 96.7 cm³/mol. The molecule has 0 spiro atoms. The van der Waals surface area contributed by atoms with Crippen LogP contribution in [0.15, 0.2) is 35.2 Å². The van der Waals surface area contributed by atoms with Crippen molar-refractivity contribution in [3.8, 4) is 5.75 Å². The molecule has 0 bridgehead atoms. The first-order valence-corrected chi connectivity index (χ1v) is 9.32. The largest absolute Gasteiger partial charge is 0.497 e. The van der Waals surface area contributed by atoms with E-state index in [9.17, 15) is 8.42 Å². The van der Waals surface area contributed by atoms with E-state index < -0.39 is 10.0 Å². The van der Waals surface area contributed by atoms with E-state index in [1.807, 2.05) is 25.2 Å². The zero-order valence-electron chi connectivity index (χ0n) is 14.4. The van der Waals surface area contributed by atoms with Crippen LogP contribution < -0.4 is 14.4 Å². The maximum Gasteiger partial charge on any atom is 0.262 e. The number of hydrogen-bond acceptors (Lipinski definition) is 4. The lowest BCUT2D eigenvalue weighted by Gasteiger charge is -2.16. The van der Waals surface area contributed by atoms with Crippen molar-refractivity contribution in [3.05, 3.63) is 47.0 Å². The number of nitrogens with zero attached hydrogens (tertiary/aromatic N) is 1.